The van der Waals surface area contributed by atoms with Crippen LogP contribution in [-0.2, 0) is 14.3 Å². The minimum Gasteiger partial charge on any atom is -0.381 e. The number of amides is 2. The zero-order valence-electron chi connectivity index (χ0n) is 9.57. The van der Waals surface area contributed by atoms with Crippen molar-refractivity contribution in [1.29, 1.82) is 0 Å². The molecule has 5 nitrogen and oxygen atoms in total. The van der Waals surface area contributed by atoms with Gasteiger partial charge in [-0.25, -0.2) is 0 Å². The van der Waals surface area contributed by atoms with Gasteiger partial charge in [0.25, 0.3) is 0 Å². The Bertz CT molecular complexity index is 287. The molecule has 2 aliphatic rings. The predicted octanol–water partition coefficient (Wildman–Crippen LogP) is -0.240. The number of nitrogens with zero attached hydrogens (tertiary/aromatic N) is 1. The SMILES string of the molecule is CC1NC(=O)CCN(CC2CCOC2)C1=O. The van der Waals surface area contributed by atoms with Gasteiger partial charge in [-0.05, 0) is 13.3 Å². The number of nitrogens with one attached hydrogen (secondary N) is 1. The molecule has 0 radical (unpaired) electrons. The van der Waals surface area contributed by atoms with Crippen LogP contribution in [-0.4, -0.2) is 49.1 Å². The Morgan fingerprint density at radius 3 is 3.00 bits per heavy atom. The molecular formula is C11H18N2O3. The van der Waals surface area contributed by atoms with Gasteiger partial charge in [0.05, 0.1) is 6.61 Å². The van der Waals surface area contributed by atoms with Crippen molar-refractivity contribution in [3.8, 4) is 0 Å². The number of hydrogen-bond acceptors (Lipinski definition) is 3. The van der Waals surface area contributed by atoms with Gasteiger partial charge in [0.1, 0.15) is 6.04 Å². The Labute approximate surface area is 95.1 Å². The maximum absolute atomic E-state index is 11.9. The van der Waals surface area contributed by atoms with Gasteiger partial charge in [-0.3, -0.25) is 9.59 Å². The summed E-state index contributed by atoms with van der Waals surface area (Å²) in [5.41, 5.74) is 0. The van der Waals surface area contributed by atoms with E-state index >= 15 is 0 Å². The minimum absolute atomic E-state index is 0.0257. The van der Waals surface area contributed by atoms with E-state index in [0.29, 0.717) is 18.9 Å². The van der Waals surface area contributed by atoms with Crippen LogP contribution in [0.15, 0.2) is 0 Å². The lowest BCUT2D eigenvalue weighted by Crippen LogP contribution is -2.44. The first-order chi connectivity index (χ1) is 7.66. The van der Waals surface area contributed by atoms with Crippen molar-refractivity contribution >= 4 is 11.8 Å². The third kappa shape index (κ3) is 2.52. The Morgan fingerprint density at radius 2 is 2.31 bits per heavy atom. The van der Waals surface area contributed by atoms with Crippen LogP contribution in [0.2, 0.25) is 0 Å². The first-order valence-electron chi connectivity index (χ1n) is 5.82. The Balaban J connectivity index is 1.95. The van der Waals surface area contributed by atoms with Gasteiger partial charge in [-0.2, -0.15) is 0 Å². The van der Waals surface area contributed by atoms with E-state index < -0.39 is 6.04 Å². The van der Waals surface area contributed by atoms with Crippen LogP contribution in [0.3, 0.4) is 0 Å². The van der Waals surface area contributed by atoms with Crippen molar-refractivity contribution in [2.45, 2.75) is 25.8 Å². The van der Waals surface area contributed by atoms with E-state index in [-0.39, 0.29) is 11.8 Å². The molecule has 2 aliphatic heterocycles. The largest absolute Gasteiger partial charge is 0.381 e. The fraction of sp³-hybridized carbons (Fsp3) is 0.818. The van der Waals surface area contributed by atoms with Crippen LogP contribution in [0.25, 0.3) is 0 Å². The van der Waals surface area contributed by atoms with E-state index in [1.165, 1.54) is 0 Å². The molecule has 2 saturated heterocycles. The molecule has 2 rings (SSSR count). The number of carbonyl (C=O) groups excluding carboxylic acids is 2. The maximum Gasteiger partial charge on any atom is 0.244 e. The summed E-state index contributed by atoms with van der Waals surface area (Å²) in [4.78, 5) is 25.0. The molecule has 2 fully saturated rings. The molecule has 2 atom stereocenters. The van der Waals surface area contributed by atoms with Gasteiger partial charge in [0.15, 0.2) is 0 Å². The highest BCUT2D eigenvalue weighted by Gasteiger charge is 2.29. The molecule has 0 aromatic carbocycles. The summed E-state index contributed by atoms with van der Waals surface area (Å²) in [6.45, 7) is 4.52. The second kappa shape index (κ2) is 4.82. The second-order valence-electron chi connectivity index (χ2n) is 4.55. The Hall–Kier alpha value is -1.10. The monoisotopic (exact) mass is 226 g/mol. The van der Waals surface area contributed by atoms with Crippen molar-refractivity contribution in [1.82, 2.24) is 10.2 Å². The van der Waals surface area contributed by atoms with Gasteiger partial charge in [-0.15, -0.1) is 0 Å². The van der Waals surface area contributed by atoms with Crippen molar-refractivity contribution in [2.75, 3.05) is 26.3 Å². The van der Waals surface area contributed by atoms with E-state index in [9.17, 15) is 9.59 Å². The highest BCUT2D eigenvalue weighted by Crippen LogP contribution is 2.15. The molecule has 0 aliphatic carbocycles. The van der Waals surface area contributed by atoms with Crippen LogP contribution in [0.1, 0.15) is 19.8 Å². The molecule has 2 unspecified atom stereocenters. The molecule has 2 heterocycles. The van der Waals surface area contributed by atoms with Crippen molar-refractivity contribution in [3.63, 3.8) is 0 Å². The molecule has 5 heteroatoms. The van der Waals surface area contributed by atoms with Crippen LogP contribution >= 0.6 is 0 Å². The fourth-order valence-corrected chi connectivity index (χ4v) is 2.22. The van der Waals surface area contributed by atoms with Crippen LogP contribution in [0, 0.1) is 5.92 Å². The van der Waals surface area contributed by atoms with E-state index in [2.05, 4.69) is 5.32 Å². The summed E-state index contributed by atoms with van der Waals surface area (Å²) < 4.78 is 5.29. The lowest BCUT2D eigenvalue weighted by atomic mass is 10.1. The highest BCUT2D eigenvalue weighted by atomic mass is 16.5. The summed E-state index contributed by atoms with van der Waals surface area (Å²) in [7, 11) is 0. The van der Waals surface area contributed by atoms with E-state index in [1.54, 1.807) is 11.8 Å². The highest BCUT2D eigenvalue weighted by molar-refractivity contribution is 5.89. The molecular weight excluding hydrogens is 208 g/mol. The second-order valence-corrected chi connectivity index (χ2v) is 4.55. The number of ether oxygens (including phenoxy) is 1. The molecule has 16 heavy (non-hydrogen) atoms. The normalized spacial score (nSPS) is 31.4. The summed E-state index contributed by atoms with van der Waals surface area (Å²) >= 11 is 0. The molecule has 90 valence electrons. The van der Waals surface area contributed by atoms with Gasteiger partial charge in [-0.1, -0.05) is 0 Å². The first kappa shape index (κ1) is 11.4. The van der Waals surface area contributed by atoms with E-state index in [4.69, 9.17) is 4.74 Å². The average Bonchev–Trinajstić information content (AvgIpc) is 2.71. The molecule has 0 bridgehead atoms. The molecule has 0 aromatic heterocycles. The van der Waals surface area contributed by atoms with Crippen molar-refractivity contribution in [2.24, 2.45) is 5.92 Å². The van der Waals surface area contributed by atoms with Gasteiger partial charge in [0.2, 0.25) is 11.8 Å². The van der Waals surface area contributed by atoms with E-state index in [1.807, 2.05) is 0 Å². The zero-order valence-corrected chi connectivity index (χ0v) is 9.57. The topological polar surface area (TPSA) is 58.6 Å². The maximum atomic E-state index is 11.9. The fourth-order valence-electron chi connectivity index (χ4n) is 2.22. The summed E-state index contributed by atoms with van der Waals surface area (Å²) in [6, 6.07) is -0.391. The predicted molar refractivity (Wildman–Crippen MR) is 57.7 cm³/mol. The smallest absolute Gasteiger partial charge is 0.244 e. The lowest BCUT2D eigenvalue weighted by molar-refractivity contribution is -0.133. The molecule has 0 aromatic rings. The van der Waals surface area contributed by atoms with Crippen molar-refractivity contribution < 1.29 is 14.3 Å². The van der Waals surface area contributed by atoms with Crippen LogP contribution < -0.4 is 5.32 Å². The van der Waals surface area contributed by atoms with Gasteiger partial charge >= 0.3 is 0 Å². The lowest BCUT2D eigenvalue weighted by Gasteiger charge is -2.24. The quantitative estimate of drug-likeness (QED) is 0.707. The molecule has 2 amide bonds. The van der Waals surface area contributed by atoms with Gasteiger partial charge < -0.3 is 15.0 Å². The van der Waals surface area contributed by atoms with Crippen LogP contribution in [0.4, 0.5) is 0 Å². The average molecular weight is 226 g/mol. The third-order valence-electron chi connectivity index (χ3n) is 3.17. The Kier molecular flexibility index (Phi) is 3.43. The number of rotatable bonds is 2. The molecule has 0 spiro atoms. The van der Waals surface area contributed by atoms with Crippen LogP contribution in [0.5, 0.6) is 0 Å². The number of hydrogen-bond donors (Lipinski definition) is 1. The molecule has 1 N–H and O–H groups in total. The minimum atomic E-state index is -0.391. The van der Waals surface area contributed by atoms with Gasteiger partial charge in [0, 0.05) is 32.0 Å². The third-order valence-corrected chi connectivity index (χ3v) is 3.17. The van der Waals surface area contributed by atoms with Crippen molar-refractivity contribution in [3.05, 3.63) is 0 Å². The summed E-state index contributed by atoms with van der Waals surface area (Å²) in [5, 5.41) is 2.68. The number of carbonyl (C=O) groups is 2. The summed E-state index contributed by atoms with van der Waals surface area (Å²) in [6.07, 6.45) is 1.42. The Morgan fingerprint density at radius 1 is 1.50 bits per heavy atom. The van der Waals surface area contributed by atoms with E-state index in [0.717, 1.165) is 26.2 Å². The standard InChI is InChI=1S/C11H18N2O3/c1-8-11(15)13(4-2-10(14)12-8)6-9-3-5-16-7-9/h8-9H,2-7H2,1H3,(H,12,14). The first-order valence-corrected chi connectivity index (χ1v) is 5.82. The molecule has 0 saturated carbocycles. The zero-order chi connectivity index (χ0) is 11.5. The summed E-state index contributed by atoms with van der Waals surface area (Å²) in [5.74, 6) is 0.424.